The molecule has 0 spiro atoms. The molecule has 0 radical (unpaired) electrons. The van der Waals surface area contributed by atoms with E-state index in [9.17, 15) is 13.2 Å². The number of amides is 1. The van der Waals surface area contributed by atoms with Gasteiger partial charge in [0.15, 0.2) is 0 Å². The van der Waals surface area contributed by atoms with Gasteiger partial charge in [-0.25, -0.2) is 8.42 Å². The van der Waals surface area contributed by atoms with Gasteiger partial charge in [0, 0.05) is 42.1 Å². The van der Waals surface area contributed by atoms with Gasteiger partial charge < -0.3 is 15.0 Å². The van der Waals surface area contributed by atoms with Gasteiger partial charge >= 0.3 is 0 Å². The summed E-state index contributed by atoms with van der Waals surface area (Å²) in [5.74, 6) is 0.408. The number of carbonyl (C=O) groups is 1. The predicted octanol–water partition coefficient (Wildman–Crippen LogP) is 3.51. The average Bonchev–Trinajstić information content (AvgIpc) is 3.10. The highest BCUT2D eigenvalue weighted by atomic mass is 32.2. The zero-order chi connectivity index (χ0) is 22.9. The molecule has 0 unspecified atom stereocenters. The van der Waals surface area contributed by atoms with Crippen molar-refractivity contribution < 1.29 is 17.9 Å². The summed E-state index contributed by atoms with van der Waals surface area (Å²) in [4.78, 5) is 16.3. The first kappa shape index (κ1) is 22.4. The van der Waals surface area contributed by atoms with E-state index in [1.165, 1.54) is 15.3 Å². The lowest BCUT2D eigenvalue weighted by Gasteiger charge is -2.30. The quantitative estimate of drug-likeness (QED) is 0.595. The van der Waals surface area contributed by atoms with Gasteiger partial charge in [0.05, 0.1) is 12.0 Å². The molecule has 2 N–H and O–H groups in total. The zero-order valence-electron chi connectivity index (χ0n) is 18.6. The van der Waals surface area contributed by atoms with E-state index in [1.807, 2.05) is 12.1 Å². The van der Waals surface area contributed by atoms with Crippen LogP contribution in [0.15, 0.2) is 47.4 Å². The molecule has 3 aromatic rings. The van der Waals surface area contributed by atoms with Crippen molar-refractivity contribution in [1.82, 2.24) is 14.6 Å². The van der Waals surface area contributed by atoms with Crippen molar-refractivity contribution >= 4 is 26.8 Å². The van der Waals surface area contributed by atoms with Crippen molar-refractivity contribution in [3.63, 3.8) is 0 Å². The van der Waals surface area contributed by atoms with Gasteiger partial charge in [0.25, 0.3) is 0 Å². The summed E-state index contributed by atoms with van der Waals surface area (Å²) in [6, 6.07) is 12.6. The minimum atomic E-state index is -3.57. The van der Waals surface area contributed by atoms with Crippen LogP contribution in [0.5, 0.6) is 5.75 Å². The second-order valence-electron chi connectivity index (χ2n) is 8.33. The van der Waals surface area contributed by atoms with Gasteiger partial charge in [0.2, 0.25) is 15.9 Å². The molecule has 1 saturated heterocycles. The second kappa shape index (κ2) is 8.96. The van der Waals surface area contributed by atoms with Crippen molar-refractivity contribution in [2.75, 3.05) is 20.2 Å². The van der Waals surface area contributed by atoms with Gasteiger partial charge in [-0.1, -0.05) is 6.07 Å². The molecule has 1 amide bonds. The maximum atomic E-state index is 12.9. The first-order valence-electron chi connectivity index (χ1n) is 10.8. The normalized spacial score (nSPS) is 15.7. The number of nitrogens with zero attached hydrogens (tertiary/aromatic N) is 1. The fraction of sp³-hybridized carbons (Fsp3) is 0.375. The first-order chi connectivity index (χ1) is 15.3. The van der Waals surface area contributed by atoms with Crippen LogP contribution in [0.1, 0.15) is 29.7 Å². The molecule has 1 aromatic heterocycles. The van der Waals surface area contributed by atoms with Gasteiger partial charge in [-0.15, -0.1) is 0 Å². The third-order valence-corrected chi connectivity index (χ3v) is 8.27. The lowest BCUT2D eigenvalue weighted by molar-refractivity contribution is -0.126. The minimum absolute atomic E-state index is 0.0198. The van der Waals surface area contributed by atoms with Crippen molar-refractivity contribution in [2.45, 2.75) is 38.1 Å². The van der Waals surface area contributed by atoms with Crippen LogP contribution in [-0.4, -0.2) is 43.8 Å². The smallest absolute Gasteiger partial charge is 0.243 e. The van der Waals surface area contributed by atoms with Gasteiger partial charge in [-0.3, -0.25) is 4.79 Å². The SMILES string of the molecule is COc1ccc(S(=O)(=O)N2CCC(C(=O)NCc3ccc4[nH]c(C)c(C)c4c3)CC2)cc1. The summed E-state index contributed by atoms with van der Waals surface area (Å²) in [6.07, 6.45) is 1.02. The molecule has 2 heterocycles. The van der Waals surface area contributed by atoms with Gasteiger partial charge in [-0.05, 0) is 74.2 Å². The summed E-state index contributed by atoms with van der Waals surface area (Å²) in [6.45, 7) is 5.27. The topological polar surface area (TPSA) is 91.5 Å². The largest absolute Gasteiger partial charge is 0.497 e. The van der Waals surface area contributed by atoms with Crippen LogP contribution < -0.4 is 10.1 Å². The fourth-order valence-corrected chi connectivity index (χ4v) is 5.68. The number of aromatic nitrogens is 1. The van der Waals surface area contributed by atoms with Crippen molar-refractivity contribution in [2.24, 2.45) is 5.92 Å². The lowest BCUT2D eigenvalue weighted by Crippen LogP contribution is -2.42. The highest BCUT2D eigenvalue weighted by Gasteiger charge is 2.32. The molecule has 1 aliphatic heterocycles. The molecule has 0 aliphatic carbocycles. The number of aryl methyl sites for hydroxylation is 2. The Labute approximate surface area is 188 Å². The highest BCUT2D eigenvalue weighted by molar-refractivity contribution is 7.89. The Balaban J connectivity index is 1.33. The van der Waals surface area contributed by atoms with Crippen LogP contribution >= 0.6 is 0 Å². The number of sulfonamides is 1. The van der Waals surface area contributed by atoms with E-state index in [4.69, 9.17) is 4.74 Å². The number of aromatic amines is 1. The van der Waals surface area contributed by atoms with E-state index in [-0.39, 0.29) is 16.7 Å². The molecule has 0 atom stereocenters. The van der Waals surface area contributed by atoms with Crippen LogP contribution in [0.3, 0.4) is 0 Å². The number of carbonyl (C=O) groups excluding carboxylic acids is 1. The Morgan fingerprint density at radius 1 is 1.12 bits per heavy atom. The van der Waals surface area contributed by atoms with Crippen LogP contribution in [0.2, 0.25) is 0 Å². The maximum absolute atomic E-state index is 12.9. The predicted molar refractivity (Wildman–Crippen MR) is 124 cm³/mol. The third kappa shape index (κ3) is 4.38. The molecule has 4 rings (SSSR count). The van der Waals surface area contributed by atoms with Crippen LogP contribution in [0.25, 0.3) is 10.9 Å². The molecular formula is C24H29N3O4S. The molecule has 170 valence electrons. The Bertz CT molecular complexity index is 1220. The monoisotopic (exact) mass is 455 g/mol. The van der Waals surface area contributed by atoms with Crippen molar-refractivity contribution in [1.29, 1.82) is 0 Å². The molecule has 0 saturated carbocycles. The van der Waals surface area contributed by atoms with Crippen LogP contribution in [0.4, 0.5) is 0 Å². The Morgan fingerprint density at radius 3 is 2.47 bits per heavy atom. The van der Waals surface area contributed by atoms with Crippen molar-refractivity contribution in [3.05, 3.63) is 59.3 Å². The van der Waals surface area contributed by atoms with Gasteiger partial charge in [-0.2, -0.15) is 4.31 Å². The summed E-state index contributed by atoms with van der Waals surface area (Å²) in [5, 5.41) is 4.20. The van der Waals surface area contributed by atoms with Crippen LogP contribution in [0, 0.1) is 19.8 Å². The van der Waals surface area contributed by atoms with E-state index in [0.29, 0.717) is 38.2 Å². The molecule has 7 nitrogen and oxygen atoms in total. The Hall–Kier alpha value is -2.84. The molecule has 8 heteroatoms. The fourth-order valence-electron chi connectivity index (χ4n) is 4.21. The Morgan fingerprint density at radius 2 is 1.81 bits per heavy atom. The number of benzene rings is 2. The van der Waals surface area contributed by atoms with E-state index in [1.54, 1.807) is 31.4 Å². The zero-order valence-corrected chi connectivity index (χ0v) is 19.5. The van der Waals surface area contributed by atoms with E-state index >= 15 is 0 Å². The second-order valence-corrected chi connectivity index (χ2v) is 10.3. The standard InChI is InChI=1S/C24H29N3O4S/c1-16-17(2)26-23-9-4-18(14-22(16)23)15-25-24(28)19-10-12-27(13-11-19)32(29,30)21-7-5-20(31-3)6-8-21/h4-9,14,19,26H,10-13,15H2,1-3H3,(H,25,28). The summed E-state index contributed by atoms with van der Waals surface area (Å²) in [7, 11) is -2.03. The summed E-state index contributed by atoms with van der Waals surface area (Å²) < 4.78 is 32.3. The molecular weight excluding hydrogens is 426 g/mol. The number of piperidine rings is 1. The number of ether oxygens (including phenoxy) is 1. The average molecular weight is 456 g/mol. The number of H-pyrrole nitrogens is 1. The number of hydrogen-bond donors (Lipinski definition) is 2. The molecule has 2 aromatic carbocycles. The third-order valence-electron chi connectivity index (χ3n) is 6.36. The molecule has 32 heavy (non-hydrogen) atoms. The summed E-state index contributed by atoms with van der Waals surface area (Å²) in [5.41, 5.74) is 4.52. The Kier molecular flexibility index (Phi) is 6.26. The maximum Gasteiger partial charge on any atom is 0.243 e. The number of rotatable bonds is 6. The number of fused-ring (bicyclic) bond motifs is 1. The lowest BCUT2D eigenvalue weighted by atomic mass is 9.97. The molecule has 1 aliphatic rings. The highest BCUT2D eigenvalue weighted by Crippen LogP contribution is 2.26. The minimum Gasteiger partial charge on any atom is -0.497 e. The number of hydrogen-bond acceptors (Lipinski definition) is 4. The van der Waals surface area contributed by atoms with E-state index in [2.05, 4.69) is 30.2 Å². The number of nitrogens with one attached hydrogen (secondary N) is 2. The number of methoxy groups -OCH3 is 1. The van der Waals surface area contributed by atoms with Gasteiger partial charge in [0.1, 0.15) is 5.75 Å². The molecule has 1 fully saturated rings. The van der Waals surface area contributed by atoms with Crippen LogP contribution in [-0.2, 0) is 21.4 Å². The van der Waals surface area contributed by atoms with E-state index < -0.39 is 10.0 Å². The molecule has 0 bridgehead atoms. The summed E-state index contributed by atoms with van der Waals surface area (Å²) >= 11 is 0. The van der Waals surface area contributed by atoms with Crippen molar-refractivity contribution in [3.8, 4) is 5.75 Å². The van der Waals surface area contributed by atoms with E-state index in [0.717, 1.165) is 16.8 Å². The first-order valence-corrected chi connectivity index (χ1v) is 12.2.